The van der Waals surface area contributed by atoms with Crippen LogP contribution in [0.2, 0.25) is 0 Å². The minimum atomic E-state index is -0.366. The van der Waals surface area contributed by atoms with Crippen LogP contribution in [0.25, 0.3) is 0 Å². The summed E-state index contributed by atoms with van der Waals surface area (Å²) in [6, 6.07) is 0. The van der Waals surface area contributed by atoms with Crippen LogP contribution in [-0.4, -0.2) is 21.6 Å². The molecule has 0 bridgehead atoms. The van der Waals surface area contributed by atoms with Crippen molar-refractivity contribution < 1.29 is 9.59 Å². The van der Waals surface area contributed by atoms with E-state index in [9.17, 15) is 9.59 Å². The monoisotopic (exact) mass is 255 g/mol. The molecule has 72 valence electrons. The molecule has 2 heterocycles. The Bertz CT molecular complexity index is 431. The van der Waals surface area contributed by atoms with Gasteiger partial charge in [-0.25, -0.2) is 4.90 Å². The zero-order valence-electron chi connectivity index (χ0n) is 7.27. The first-order valence-corrected chi connectivity index (χ1v) is 4.64. The van der Waals surface area contributed by atoms with E-state index < -0.39 is 0 Å². The van der Waals surface area contributed by atoms with Gasteiger partial charge in [-0.05, 0) is 15.9 Å². The van der Waals surface area contributed by atoms with Crippen LogP contribution in [0, 0.1) is 0 Å². The smallest absolute Gasteiger partial charge is 0.259 e. The predicted molar refractivity (Wildman–Crippen MR) is 52.5 cm³/mol. The highest BCUT2D eigenvalue weighted by atomic mass is 79.9. The summed E-state index contributed by atoms with van der Waals surface area (Å²) in [5, 5.41) is 4.01. The molecule has 1 aliphatic rings. The first kappa shape index (κ1) is 9.14. The number of carbonyl (C=O) groups excluding carboxylic acids is 2. The Morgan fingerprint density at radius 2 is 1.86 bits per heavy atom. The Kier molecular flexibility index (Phi) is 1.99. The highest BCUT2D eigenvalue weighted by Crippen LogP contribution is 2.26. The summed E-state index contributed by atoms with van der Waals surface area (Å²) in [4.78, 5) is 23.6. The average Bonchev–Trinajstić information content (AvgIpc) is 2.57. The van der Waals surface area contributed by atoms with E-state index in [1.54, 1.807) is 13.2 Å². The number of amides is 2. The SMILES string of the molecule is Cn1cc(Br)c(N2C(=O)C=CC2=O)n1. The number of hydrogen-bond acceptors (Lipinski definition) is 3. The molecule has 5 nitrogen and oxygen atoms in total. The van der Waals surface area contributed by atoms with Crippen molar-refractivity contribution in [1.29, 1.82) is 0 Å². The highest BCUT2D eigenvalue weighted by molar-refractivity contribution is 9.10. The molecule has 0 N–H and O–H groups in total. The second-order valence-electron chi connectivity index (χ2n) is 2.82. The summed E-state index contributed by atoms with van der Waals surface area (Å²) in [6.45, 7) is 0. The Hall–Kier alpha value is -1.43. The fourth-order valence-electron chi connectivity index (χ4n) is 1.21. The van der Waals surface area contributed by atoms with E-state index in [0.29, 0.717) is 10.3 Å². The number of carbonyl (C=O) groups is 2. The van der Waals surface area contributed by atoms with Gasteiger partial charge in [-0.2, -0.15) is 5.10 Å². The topological polar surface area (TPSA) is 55.2 Å². The summed E-state index contributed by atoms with van der Waals surface area (Å²) in [7, 11) is 1.71. The molecular weight excluding hydrogens is 250 g/mol. The summed E-state index contributed by atoms with van der Waals surface area (Å²) in [5.41, 5.74) is 0. The number of hydrogen-bond donors (Lipinski definition) is 0. The van der Waals surface area contributed by atoms with Crippen molar-refractivity contribution in [2.24, 2.45) is 7.05 Å². The van der Waals surface area contributed by atoms with Crippen LogP contribution >= 0.6 is 15.9 Å². The number of nitrogens with zero attached hydrogens (tertiary/aromatic N) is 3. The fraction of sp³-hybridized carbons (Fsp3) is 0.125. The summed E-state index contributed by atoms with van der Waals surface area (Å²) in [6.07, 6.45) is 4.13. The average molecular weight is 256 g/mol. The van der Waals surface area contributed by atoms with E-state index >= 15 is 0 Å². The summed E-state index contributed by atoms with van der Waals surface area (Å²) < 4.78 is 2.14. The quantitative estimate of drug-likeness (QED) is 0.692. The number of aromatic nitrogens is 2. The molecule has 6 heteroatoms. The first-order chi connectivity index (χ1) is 6.59. The van der Waals surface area contributed by atoms with Crippen LogP contribution in [0.15, 0.2) is 22.8 Å². The lowest BCUT2D eigenvalue weighted by Crippen LogP contribution is -2.30. The Labute approximate surface area is 88.1 Å². The standard InChI is InChI=1S/C8H6BrN3O2/c1-11-4-5(9)8(10-11)12-6(13)2-3-7(12)14/h2-4H,1H3. The lowest BCUT2D eigenvalue weighted by molar-refractivity contribution is -0.120. The van der Waals surface area contributed by atoms with Gasteiger partial charge in [0.1, 0.15) is 0 Å². The molecule has 0 aromatic carbocycles. The Balaban J connectivity index is 2.45. The maximum atomic E-state index is 11.3. The lowest BCUT2D eigenvalue weighted by Gasteiger charge is -2.09. The van der Waals surface area contributed by atoms with E-state index in [1.807, 2.05) is 0 Å². The van der Waals surface area contributed by atoms with Gasteiger partial charge in [-0.3, -0.25) is 14.3 Å². The summed E-state index contributed by atoms with van der Waals surface area (Å²) >= 11 is 3.22. The summed E-state index contributed by atoms with van der Waals surface area (Å²) in [5.74, 6) is -0.406. The number of halogens is 1. The van der Waals surface area contributed by atoms with Crippen molar-refractivity contribution in [3.63, 3.8) is 0 Å². The van der Waals surface area contributed by atoms with Gasteiger partial charge in [0.2, 0.25) is 0 Å². The molecule has 0 unspecified atom stereocenters. The number of rotatable bonds is 1. The molecule has 14 heavy (non-hydrogen) atoms. The molecule has 0 saturated carbocycles. The minimum Gasteiger partial charge on any atom is -0.273 e. The van der Waals surface area contributed by atoms with Gasteiger partial charge in [-0.1, -0.05) is 0 Å². The predicted octanol–water partition coefficient (Wildman–Crippen LogP) is 0.612. The fourth-order valence-corrected chi connectivity index (χ4v) is 1.76. The molecule has 1 aromatic rings. The molecule has 1 aliphatic heterocycles. The maximum absolute atomic E-state index is 11.3. The zero-order valence-corrected chi connectivity index (χ0v) is 8.85. The molecule has 2 amide bonds. The van der Waals surface area contributed by atoms with Crippen molar-refractivity contribution >= 4 is 33.6 Å². The lowest BCUT2D eigenvalue weighted by atomic mass is 10.5. The van der Waals surface area contributed by atoms with Crippen LogP contribution in [-0.2, 0) is 16.6 Å². The van der Waals surface area contributed by atoms with Crippen molar-refractivity contribution in [1.82, 2.24) is 9.78 Å². The number of aryl methyl sites for hydroxylation is 1. The molecule has 1 aromatic heterocycles. The normalized spacial score (nSPS) is 15.7. The molecular formula is C8H6BrN3O2. The largest absolute Gasteiger partial charge is 0.273 e. The third kappa shape index (κ3) is 1.27. The van der Waals surface area contributed by atoms with Crippen molar-refractivity contribution in [3.05, 3.63) is 22.8 Å². The van der Waals surface area contributed by atoms with Crippen molar-refractivity contribution in [2.75, 3.05) is 4.90 Å². The van der Waals surface area contributed by atoms with E-state index in [1.165, 1.54) is 16.8 Å². The van der Waals surface area contributed by atoms with Gasteiger partial charge in [-0.15, -0.1) is 0 Å². The van der Waals surface area contributed by atoms with E-state index in [2.05, 4.69) is 21.0 Å². The molecule has 0 aliphatic carbocycles. The highest BCUT2D eigenvalue weighted by Gasteiger charge is 2.28. The van der Waals surface area contributed by atoms with Crippen molar-refractivity contribution in [2.45, 2.75) is 0 Å². The van der Waals surface area contributed by atoms with Crippen LogP contribution in [0.5, 0.6) is 0 Å². The second kappa shape index (κ2) is 3.06. The number of anilines is 1. The van der Waals surface area contributed by atoms with Gasteiger partial charge in [0.25, 0.3) is 11.8 Å². The van der Waals surface area contributed by atoms with Crippen molar-refractivity contribution in [3.8, 4) is 0 Å². The third-order valence-electron chi connectivity index (χ3n) is 1.79. The molecule has 0 radical (unpaired) electrons. The first-order valence-electron chi connectivity index (χ1n) is 3.85. The van der Waals surface area contributed by atoms with Crippen LogP contribution < -0.4 is 4.90 Å². The van der Waals surface area contributed by atoms with Gasteiger partial charge < -0.3 is 0 Å². The number of imide groups is 1. The maximum Gasteiger partial charge on any atom is 0.259 e. The van der Waals surface area contributed by atoms with Gasteiger partial charge in [0.15, 0.2) is 5.82 Å². The molecule has 0 spiro atoms. The Morgan fingerprint density at radius 3 is 2.29 bits per heavy atom. The van der Waals surface area contributed by atoms with Crippen LogP contribution in [0.1, 0.15) is 0 Å². The molecule has 0 saturated heterocycles. The van der Waals surface area contributed by atoms with E-state index in [4.69, 9.17) is 0 Å². The Morgan fingerprint density at radius 1 is 1.29 bits per heavy atom. The third-order valence-corrected chi connectivity index (χ3v) is 2.35. The van der Waals surface area contributed by atoms with Gasteiger partial charge >= 0.3 is 0 Å². The molecule has 0 fully saturated rings. The van der Waals surface area contributed by atoms with E-state index in [-0.39, 0.29) is 11.8 Å². The van der Waals surface area contributed by atoms with Gasteiger partial charge in [0.05, 0.1) is 4.47 Å². The van der Waals surface area contributed by atoms with Crippen LogP contribution in [0.3, 0.4) is 0 Å². The van der Waals surface area contributed by atoms with Gasteiger partial charge in [0, 0.05) is 25.4 Å². The minimum absolute atomic E-state index is 0.326. The molecule has 0 atom stereocenters. The zero-order chi connectivity index (χ0) is 10.3. The van der Waals surface area contributed by atoms with E-state index in [0.717, 1.165) is 4.90 Å². The van der Waals surface area contributed by atoms with Crippen LogP contribution in [0.4, 0.5) is 5.82 Å². The molecule has 2 rings (SSSR count). The second-order valence-corrected chi connectivity index (χ2v) is 3.67.